The number of hydrogen-bond donors (Lipinski definition) is 2. The van der Waals surface area contributed by atoms with Crippen molar-refractivity contribution in [2.45, 2.75) is 70.3 Å². The number of carbonyl (C=O) groups excluding carboxylic acids is 2. The molecule has 4 rings (SSSR count). The van der Waals surface area contributed by atoms with Crippen LogP contribution in [0, 0.1) is 0 Å². The molecule has 0 radical (unpaired) electrons. The van der Waals surface area contributed by atoms with Crippen LogP contribution in [0.1, 0.15) is 90.1 Å². The minimum atomic E-state index is -0.140. The molecule has 1 aliphatic carbocycles. The number of aromatic nitrogens is 2. The van der Waals surface area contributed by atoms with Gasteiger partial charge >= 0.3 is 0 Å². The third-order valence-corrected chi connectivity index (χ3v) is 6.36. The van der Waals surface area contributed by atoms with E-state index >= 15 is 0 Å². The largest absolute Gasteiger partial charge is 0.383 e. The molecule has 166 valence electrons. The lowest BCUT2D eigenvalue weighted by molar-refractivity contribution is 0.0701. The standard InChI is InChI=1S/C23H31N5O3/c1-2-5-17-14-20(27-31-17)23(30)28-12-10-15(11-13-28)19-9-8-18(21(24)26-19)22(29)25-16-6-3-4-7-16/h8-9,14-16H,2-7,10-13H2,1H3,(H2,24,26)(H,25,29). The van der Waals surface area contributed by atoms with Gasteiger partial charge in [0.1, 0.15) is 11.6 Å². The number of aryl methyl sites for hydroxylation is 1. The summed E-state index contributed by atoms with van der Waals surface area (Å²) in [5.74, 6) is 1.01. The minimum Gasteiger partial charge on any atom is -0.383 e. The molecule has 0 atom stereocenters. The summed E-state index contributed by atoms with van der Waals surface area (Å²) < 4.78 is 5.24. The van der Waals surface area contributed by atoms with Crippen molar-refractivity contribution < 1.29 is 14.1 Å². The summed E-state index contributed by atoms with van der Waals surface area (Å²) in [7, 11) is 0. The Morgan fingerprint density at radius 2 is 1.94 bits per heavy atom. The van der Waals surface area contributed by atoms with Gasteiger partial charge in [0.25, 0.3) is 11.8 Å². The first kappa shape index (κ1) is 21.3. The SMILES string of the molecule is CCCc1cc(C(=O)N2CCC(c3ccc(C(=O)NC4CCCC4)c(N)n3)CC2)no1. The van der Waals surface area contributed by atoms with Gasteiger partial charge in [0.15, 0.2) is 5.69 Å². The van der Waals surface area contributed by atoms with Crippen LogP contribution in [-0.2, 0) is 6.42 Å². The molecule has 0 spiro atoms. The second-order valence-corrected chi connectivity index (χ2v) is 8.62. The smallest absolute Gasteiger partial charge is 0.276 e. The average Bonchev–Trinajstić information content (AvgIpc) is 3.46. The van der Waals surface area contributed by atoms with Gasteiger partial charge in [-0.05, 0) is 44.2 Å². The molecule has 2 aromatic rings. The first-order valence-corrected chi connectivity index (χ1v) is 11.4. The van der Waals surface area contributed by atoms with Crippen molar-refractivity contribution in [3.05, 3.63) is 40.9 Å². The van der Waals surface area contributed by atoms with Crippen molar-refractivity contribution >= 4 is 17.6 Å². The molecular weight excluding hydrogens is 394 g/mol. The fraction of sp³-hybridized carbons (Fsp3) is 0.565. The normalized spacial score (nSPS) is 17.8. The van der Waals surface area contributed by atoms with Gasteiger partial charge in [-0.3, -0.25) is 9.59 Å². The number of hydrogen-bond acceptors (Lipinski definition) is 6. The van der Waals surface area contributed by atoms with E-state index in [1.165, 1.54) is 0 Å². The first-order valence-electron chi connectivity index (χ1n) is 11.4. The first-order chi connectivity index (χ1) is 15.0. The van der Waals surface area contributed by atoms with Crippen LogP contribution in [-0.4, -0.2) is 46.0 Å². The van der Waals surface area contributed by atoms with Crippen LogP contribution >= 0.6 is 0 Å². The van der Waals surface area contributed by atoms with Crippen LogP contribution in [0.2, 0.25) is 0 Å². The summed E-state index contributed by atoms with van der Waals surface area (Å²) >= 11 is 0. The number of anilines is 1. The predicted molar refractivity (Wildman–Crippen MR) is 117 cm³/mol. The monoisotopic (exact) mass is 425 g/mol. The summed E-state index contributed by atoms with van der Waals surface area (Å²) in [6.45, 7) is 3.32. The molecule has 2 amide bonds. The van der Waals surface area contributed by atoms with E-state index < -0.39 is 0 Å². The Bertz CT molecular complexity index is 927. The number of nitrogens with one attached hydrogen (secondary N) is 1. The molecule has 1 aliphatic heterocycles. The third-order valence-electron chi connectivity index (χ3n) is 6.36. The maximum atomic E-state index is 12.7. The van der Waals surface area contributed by atoms with Gasteiger partial charge in [0, 0.05) is 43.2 Å². The van der Waals surface area contributed by atoms with Gasteiger partial charge in [-0.1, -0.05) is 24.9 Å². The van der Waals surface area contributed by atoms with Crippen molar-refractivity contribution in [2.75, 3.05) is 18.8 Å². The molecule has 0 bridgehead atoms. The Morgan fingerprint density at radius 3 is 2.61 bits per heavy atom. The van der Waals surface area contributed by atoms with Crippen molar-refractivity contribution in [3.8, 4) is 0 Å². The second kappa shape index (κ2) is 9.49. The molecular formula is C23H31N5O3. The van der Waals surface area contributed by atoms with Crippen LogP contribution < -0.4 is 11.1 Å². The third kappa shape index (κ3) is 4.89. The maximum absolute atomic E-state index is 12.7. The van der Waals surface area contributed by atoms with Crippen LogP contribution in [0.3, 0.4) is 0 Å². The highest BCUT2D eigenvalue weighted by atomic mass is 16.5. The average molecular weight is 426 g/mol. The highest BCUT2D eigenvalue weighted by Crippen LogP contribution is 2.29. The van der Waals surface area contributed by atoms with E-state index in [1.807, 2.05) is 11.0 Å². The van der Waals surface area contributed by atoms with E-state index in [4.69, 9.17) is 10.3 Å². The van der Waals surface area contributed by atoms with E-state index in [2.05, 4.69) is 22.4 Å². The number of nitrogen functional groups attached to an aromatic ring is 1. The van der Waals surface area contributed by atoms with Crippen molar-refractivity contribution in [3.63, 3.8) is 0 Å². The number of piperidine rings is 1. The Balaban J connectivity index is 1.34. The van der Waals surface area contributed by atoms with Gasteiger partial charge in [-0.15, -0.1) is 0 Å². The van der Waals surface area contributed by atoms with Crippen LogP contribution in [0.5, 0.6) is 0 Å². The van der Waals surface area contributed by atoms with Gasteiger partial charge in [0.05, 0.1) is 5.56 Å². The highest BCUT2D eigenvalue weighted by Gasteiger charge is 2.28. The summed E-state index contributed by atoms with van der Waals surface area (Å²) in [6.07, 6.45) is 7.71. The van der Waals surface area contributed by atoms with Crippen LogP contribution in [0.15, 0.2) is 22.7 Å². The zero-order valence-electron chi connectivity index (χ0n) is 18.1. The Hall–Kier alpha value is -2.90. The quantitative estimate of drug-likeness (QED) is 0.734. The zero-order valence-corrected chi connectivity index (χ0v) is 18.1. The Morgan fingerprint density at radius 1 is 1.19 bits per heavy atom. The lowest BCUT2D eigenvalue weighted by Crippen LogP contribution is -2.38. The Kier molecular flexibility index (Phi) is 6.53. The summed E-state index contributed by atoms with van der Waals surface area (Å²) in [4.78, 5) is 31.6. The van der Waals surface area contributed by atoms with E-state index in [0.29, 0.717) is 24.3 Å². The van der Waals surface area contributed by atoms with Gasteiger partial charge in [-0.25, -0.2) is 4.98 Å². The van der Waals surface area contributed by atoms with E-state index in [0.717, 1.165) is 62.8 Å². The number of nitrogens with two attached hydrogens (primary N) is 1. The number of amides is 2. The van der Waals surface area contributed by atoms with Crippen molar-refractivity contribution in [1.82, 2.24) is 20.4 Å². The molecule has 0 aromatic carbocycles. The molecule has 2 fully saturated rings. The summed E-state index contributed by atoms with van der Waals surface area (Å²) in [5.41, 5.74) is 7.83. The molecule has 3 N–H and O–H groups in total. The number of rotatable bonds is 6. The number of likely N-dealkylation sites (tertiary alicyclic amines) is 1. The molecule has 8 nitrogen and oxygen atoms in total. The number of pyridine rings is 1. The molecule has 0 unspecified atom stereocenters. The molecule has 1 saturated carbocycles. The number of nitrogens with zero attached hydrogens (tertiary/aromatic N) is 3. The molecule has 31 heavy (non-hydrogen) atoms. The summed E-state index contributed by atoms with van der Waals surface area (Å²) in [6, 6.07) is 5.67. The minimum absolute atomic E-state index is 0.0871. The van der Waals surface area contributed by atoms with E-state index in [-0.39, 0.29) is 29.6 Å². The molecule has 3 heterocycles. The lowest BCUT2D eigenvalue weighted by Gasteiger charge is -2.31. The van der Waals surface area contributed by atoms with E-state index in [1.54, 1.807) is 12.1 Å². The second-order valence-electron chi connectivity index (χ2n) is 8.62. The number of carbonyl (C=O) groups is 2. The van der Waals surface area contributed by atoms with Crippen LogP contribution in [0.25, 0.3) is 0 Å². The molecule has 2 aromatic heterocycles. The highest BCUT2D eigenvalue weighted by molar-refractivity contribution is 5.98. The fourth-order valence-corrected chi connectivity index (χ4v) is 4.56. The van der Waals surface area contributed by atoms with E-state index in [9.17, 15) is 9.59 Å². The maximum Gasteiger partial charge on any atom is 0.276 e. The Labute approximate surface area is 182 Å². The van der Waals surface area contributed by atoms with Gasteiger partial charge < -0.3 is 20.5 Å². The molecule has 2 aliphatic rings. The van der Waals surface area contributed by atoms with Crippen LogP contribution in [0.4, 0.5) is 5.82 Å². The summed E-state index contributed by atoms with van der Waals surface area (Å²) in [5, 5.41) is 6.99. The molecule has 8 heteroatoms. The van der Waals surface area contributed by atoms with Crippen molar-refractivity contribution in [2.24, 2.45) is 0 Å². The fourth-order valence-electron chi connectivity index (χ4n) is 4.56. The van der Waals surface area contributed by atoms with Gasteiger partial charge in [0.2, 0.25) is 0 Å². The van der Waals surface area contributed by atoms with Gasteiger partial charge in [-0.2, -0.15) is 0 Å². The zero-order chi connectivity index (χ0) is 21.8. The topological polar surface area (TPSA) is 114 Å². The van der Waals surface area contributed by atoms with Crippen molar-refractivity contribution in [1.29, 1.82) is 0 Å². The lowest BCUT2D eigenvalue weighted by atomic mass is 9.92. The molecule has 1 saturated heterocycles. The predicted octanol–water partition coefficient (Wildman–Crippen LogP) is 3.30.